The van der Waals surface area contributed by atoms with Gasteiger partial charge >= 0.3 is 0 Å². The van der Waals surface area contributed by atoms with E-state index in [9.17, 15) is 4.79 Å². The van der Waals surface area contributed by atoms with Gasteiger partial charge < -0.3 is 5.32 Å². The van der Waals surface area contributed by atoms with Crippen molar-refractivity contribution >= 4 is 33.9 Å². The minimum Gasteiger partial charge on any atom is -0.357 e. The molecule has 3 heterocycles. The number of nitrogens with one attached hydrogen (secondary N) is 1. The summed E-state index contributed by atoms with van der Waals surface area (Å²) in [5.41, 5.74) is 2.40. The Balaban J connectivity index is 1.75. The number of pyridine rings is 1. The van der Waals surface area contributed by atoms with Crippen molar-refractivity contribution < 1.29 is 0 Å². The molecule has 0 spiro atoms. The standard InChI is InChI=1S/C15H15N5OS2/c1-3-5-16-14-18-19-15(23-14)22-9-11-8-13(21)20-6-4-10(2)7-12(20)17-11/h3-4,6-8H,1,5,9H2,2H3,(H,16,18). The largest absolute Gasteiger partial charge is 0.357 e. The Bertz CT molecular complexity index is 902. The van der Waals surface area contributed by atoms with Crippen LogP contribution < -0.4 is 10.9 Å². The first kappa shape index (κ1) is 15.7. The first-order valence-corrected chi connectivity index (χ1v) is 8.76. The van der Waals surface area contributed by atoms with E-state index in [2.05, 4.69) is 27.1 Å². The zero-order valence-corrected chi connectivity index (χ0v) is 14.2. The molecule has 0 aliphatic carbocycles. The zero-order valence-electron chi connectivity index (χ0n) is 12.5. The van der Waals surface area contributed by atoms with Crippen LogP contribution >= 0.6 is 23.1 Å². The second-order valence-electron chi connectivity index (χ2n) is 4.85. The molecule has 6 nitrogen and oxygen atoms in total. The van der Waals surface area contributed by atoms with Gasteiger partial charge in [0.15, 0.2) is 4.34 Å². The van der Waals surface area contributed by atoms with Gasteiger partial charge in [-0.05, 0) is 24.6 Å². The van der Waals surface area contributed by atoms with Gasteiger partial charge in [-0.1, -0.05) is 29.2 Å². The van der Waals surface area contributed by atoms with Crippen LogP contribution in [0.5, 0.6) is 0 Å². The Hall–Kier alpha value is -2.19. The summed E-state index contributed by atoms with van der Waals surface area (Å²) in [6.45, 7) is 6.28. The van der Waals surface area contributed by atoms with E-state index in [0.717, 1.165) is 20.7 Å². The van der Waals surface area contributed by atoms with Crippen molar-refractivity contribution in [2.45, 2.75) is 17.0 Å². The van der Waals surface area contributed by atoms with Crippen molar-refractivity contribution in [2.75, 3.05) is 11.9 Å². The van der Waals surface area contributed by atoms with Crippen molar-refractivity contribution in [3.05, 3.63) is 58.7 Å². The van der Waals surface area contributed by atoms with E-state index in [1.807, 2.05) is 19.1 Å². The molecule has 0 atom stereocenters. The van der Waals surface area contributed by atoms with Crippen LogP contribution in [0.4, 0.5) is 5.13 Å². The monoisotopic (exact) mass is 345 g/mol. The molecule has 1 N–H and O–H groups in total. The number of aromatic nitrogens is 4. The normalized spacial score (nSPS) is 10.8. The third-order valence-corrected chi connectivity index (χ3v) is 5.07. The summed E-state index contributed by atoms with van der Waals surface area (Å²) >= 11 is 2.99. The molecule has 8 heteroatoms. The van der Waals surface area contributed by atoms with Crippen LogP contribution in [0, 0.1) is 6.92 Å². The quantitative estimate of drug-likeness (QED) is 0.547. The number of hydrogen-bond donors (Lipinski definition) is 1. The summed E-state index contributed by atoms with van der Waals surface area (Å²) in [5, 5.41) is 12.0. The Morgan fingerprint density at radius 2 is 2.30 bits per heavy atom. The highest BCUT2D eigenvalue weighted by atomic mass is 32.2. The summed E-state index contributed by atoms with van der Waals surface area (Å²) in [6, 6.07) is 5.36. The van der Waals surface area contributed by atoms with Gasteiger partial charge in [0.25, 0.3) is 5.56 Å². The molecule has 23 heavy (non-hydrogen) atoms. The van der Waals surface area contributed by atoms with Gasteiger partial charge in [0.2, 0.25) is 5.13 Å². The molecule has 3 aromatic rings. The van der Waals surface area contributed by atoms with Crippen molar-refractivity contribution in [1.29, 1.82) is 0 Å². The Labute approximate surface area is 141 Å². The van der Waals surface area contributed by atoms with Crippen LogP contribution in [0.3, 0.4) is 0 Å². The minimum absolute atomic E-state index is 0.0730. The molecule has 3 rings (SSSR count). The Morgan fingerprint density at radius 3 is 3.13 bits per heavy atom. The lowest BCUT2D eigenvalue weighted by molar-refractivity contribution is 0.995. The van der Waals surface area contributed by atoms with E-state index in [4.69, 9.17) is 0 Å². The van der Waals surface area contributed by atoms with Crippen molar-refractivity contribution in [2.24, 2.45) is 0 Å². The highest BCUT2D eigenvalue weighted by Crippen LogP contribution is 2.27. The lowest BCUT2D eigenvalue weighted by Gasteiger charge is -2.03. The van der Waals surface area contributed by atoms with Gasteiger partial charge in [0.1, 0.15) is 5.65 Å². The Kier molecular flexibility index (Phi) is 4.73. The lowest BCUT2D eigenvalue weighted by atomic mass is 10.3. The first-order valence-electron chi connectivity index (χ1n) is 6.96. The first-order chi connectivity index (χ1) is 11.2. The highest BCUT2D eigenvalue weighted by Gasteiger charge is 2.07. The fraction of sp³-hybridized carbons (Fsp3) is 0.200. The SMILES string of the molecule is C=CCNc1nnc(SCc2cc(=O)n3ccc(C)cc3n2)s1. The van der Waals surface area contributed by atoms with Crippen LogP contribution in [0.25, 0.3) is 5.65 Å². The van der Waals surface area contributed by atoms with Gasteiger partial charge in [-0.25, -0.2) is 4.98 Å². The van der Waals surface area contributed by atoms with Gasteiger partial charge in [-0.15, -0.1) is 16.8 Å². The molecule has 118 valence electrons. The third-order valence-electron chi connectivity index (χ3n) is 3.02. The van der Waals surface area contributed by atoms with Crippen LogP contribution in [-0.2, 0) is 5.75 Å². The second kappa shape index (κ2) is 6.93. The molecule has 0 amide bonds. The molecule has 0 saturated carbocycles. The highest BCUT2D eigenvalue weighted by molar-refractivity contribution is 8.00. The van der Waals surface area contributed by atoms with Crippen molar-refractivity contribution in [3.63, 3.8) is 0 Å². The number of anilines is 1. The summed E-state index contributed by atoms with van der Waals surface area (Å²) < 4.78 is 2.38. The molecule has 3 aromatic heterocycles. The molecule has 0 bridgehead atoms. The number of nitrogens with zero attached hydrogens (tertiary/aromatic N) is 4. The van der Waals surface area contributed by atoms with Gasteiger partial charge in [0.05, 0.1) is 5.69 Å². The predicted octanol–water partition coefficient (Wildman–Crippen LogP) is 2.74. The van der Waals surface area contributed by atoms with E-state index < -0.39 is 0 Å². The van der Waals surface area contributed by atoms with E-state index in [0.29, 0.717) is 17.9 Å². The van der Waals surface area contributed by atoms with Crippen molar-refractivity contribution in [1.82, 2.24) is 19.6 Å². The van der Waals surface area contributed by atoms with E-state index in [1.165, 1.54) is 23.1 Å². The molecule has 0 radical (unpaired) electrons. The average molecular weight is 345 g/mol. The van der Waals surface area contributed by atoms with Gasteiger partial charge in [-0.3, -0.25) is 9.20 Å². The number of fused-ring (bicyclic) bond motifs is 1. The number of rotatable bonds is 6. The number of hydrogen-bond acceptors (Lipinski definition) is 7. The van der Waals surface area contributed by atoms with Gasteiger partial charge in [0, 0.05) is 24.6 Å². The number of aryl methyl sites for hydroxylation is 1. The average Bonchev–Trinajstić information content (AvgIpc) is 2.98. The van der Waals surface area contributed by atoms with Crippen LogP contribution in [-0.4, -0.2) is 26.1 Å². The maximum absolute atomic E-state index is 12.1. The molecule has 0 aliphatic heterocycles. The Morgan fingerprint density at radius 1 is 1.43 bits per heavy atom. The van der Waals surface area contributed by atoms with Gasteiger partial charge in [-0.2, -0.15) is 0 Å². The van der Waals surface area contributed by atoms with Crippen LogP contribution in [0.2, 0.25) is 0 Å². The zero-order chi connectivity index (χ0) is 16.2. The molecule has 0 aromatic carbocycles. The third kappa shape index (κ3) is 3.77. The molecule has 0 fully saturated rings. The summed E-state index contributed by atoms with van der Waals surface area (Å²) in [4.78, 5) is 16.7. The fourth-order valence-corrected chi connectivity index (χ4v) is 3.61. The lowest BCUT2D eigenvalue weighted by Crippen LogP contribution is -2.15. The predicted molar refractivity (Wildman–Crippen MR) is 94.4 cm³/mol. The smallest absolute Gasteiger partial charge is 0.258 e. The van der Waals surface area contributed by atoms with Crippen LogP contribution in [0.1, 0.15) is 11.3 Å². The van der Waals surface area contributed by atoms with E-state index in [-0.39, 0.29) is 5.56 Å². The fourth-order valence-electron chi connectivity index (χ4n) is 1.96. The molecule has 0 unspecified atom stereocenters. The van der Waals surface area contributed by atoms with E-state index >= 15 is 0 Å². The molecule has 0 aliphatic rings. The second-order valence-corrected chi connectivity index (χ2v) is 7.05. The molecule has 0 saturated heterocycles. The summed E-state index contributed by atoms with van der Waals surface area (Å²) in [6.07, 6.45) is 3.52. The maximum Gasteiger partial charge on any atom is 0.258 e. The van der Waals surface area contributed by atoms with E-state index in [1.54, 1.807) is 22.7 Å². The minimum atomic E-state index is -0.0730. The van der Waals surface area contributed by atoms with Crippen molar-refractivity contribution in [3.8, 4) is 0 Å². The van der Waals surface area contributed by atoms with Crippen LogP contribution in [0.15, 0.2) is 46.2 Å². The summed E-state index contributed by atoms with van der Waals surface area (Å²) in [5.74, 6) is 0.579. The number of thioether (sulfide) groups is 1. The molecular weight excluding hydrogens is 330 g/mol. The maximum atomic E-state index is 12.1. The topological polar surface area (TPSA) is 72.2 Å². The summed E-state index contributed by atoms with van der Waals surface area (Å²) in [7, 11) is 0. The molecular formula is C15H15N5OS2.